The number of hydrogen-bond donors (Lipinski definition) is 3. The molecule has 3 aliphatic rings. The van der Waals surface area contributed by atoms with E-state index < -0.39 is 0 Å². The van der Waals surface area contributed by atoms with E-state index in [9.17, 15) is 9.59 Å². The van der Waals surface area contributed by atoms with Gasteiger partial charge in [0.25, 0.3) is 11.1 Å². The van der Waals surface area contributed by atoms with Crippen LogP contribution in [0.1, 0.15) is 55.8 Å². The van der Waals surface area contributed by atoms with E-state index in [2.05, 4.69) is 63.2 Å². The summed E-state index contributed by atoms with van der Waals surface area (Å²) in [6.45, 7) is 2.98. The van der Waals surface area contributed by atoms with Crippen LogP contribution >= 0.6 is 11.8 Å². The van der Waals surface area contributed by atoms with E-state index in [1.807, 2.05) is 0 Å². The molecule has 5 rings (SSSR count). The lowest BCUT2D eigenvalue weighted by Gasteiger charge is -2.30. The van der Waals surface area contributed by atoms with Gasteiger partial charge in [0.15, 0.2) is 0 Å². The van der Waals surface area contributed by atoms with Gasteiger partial charge in [0.2, 0.25) is 5.95 Å². The number of nitrogens with one attached hydrogen (secondary N) is 3. The topological polar surface area (TPSA) is 105 Å². The maximum atomic E-state index is 11.8. The first-order valence-electron chi connectivity index (χ1n) is 12.0. The second-order valence-corrected chi connectivity index (χ2v) is 10.4. The molecule has 1 aromatic heterocycles. The van der Waals surface area contributed by atoms with E-state index in [-0.39, 0.29) is 16.7 Å². The van der Waals surface area contributed by atoms with Crippen LogP contribution in [0.3, 0.4) is 0 Å². The lowest BCUT2D eigenvalue weighted by atomic mass is 9.90. The van der Waals surface area contributed by atoms with Crippen LogP contribution in [-0.4, -0.2) is 33.2 Å². The zero-order chi connectivity index (χ0) is 24.3. The van der Waals surface area contributed by atoms with E-state index in [0.29, 0.717) is 28.6 Å². The lowest BCUT2D eigenvalue weighted by molar-refractivity contribution is -0.115. The van der Waals surface area contributed by atoms with Crippen molar-refractivity contribution in [2.24, 2.45) is 0 Å². The number of aromatic nitrogens is 2. The summed E-state index contributed by atoms with van der Waals surface area (Å²) in [5, 5.41) is 9.04. The standard InChI is InChI=1S/C26H29N5O3S/c1-26(11-3-13-34-26)18-5-2-4-17(14-18)16-28-19-6-8-20(9-7-19)29-24-27-12-10-21(30-24)15-22-23(32)31-25(33)35-22/h2-5,10,12-15,19-20,28H,6-9,11,16H2,1H3,(H,27,29,30)(H,31,32,33)/b22-15-. The molecule has 0 bridgehead atoms. The molecule has 1 aliphatic carbocycles. The average molecular weight is 492 g/mol. The largest absolute Gasteiger partial charge is 0.490 e. The number of nitrogens with zero attached hydrogens (tertiary/aromatic N) is 2. The second-order valence-electron chi connectivity index (χ2n) is 9.36. The quantitative estimate of drug-likeness (QED) is 0.488. The lowest BCUT2D eigenvalue weighted by Crippen LogP contribution is -2.37. The Bertz CT molecular complexity index is 1170. The molecule has 182 valence electrons. The van der Waals surface area contributed by atoms with Gasteiger partial charge in [-0.1, -0.05) is 24.3 Å². The number of carbonyl (C=O) groups excluding carboxylic acids is 2. The molecule has 1 saturated heterocycles. The maximum absolute atomic E-state index is 11.8. The summed E-state index contributed by atoms with van der Waals surface area (Å²) in [6, 6.07) is 11.2. The van der Waals surface area contributed by atoms with Crippen LogP contribution < -0.4 is 16.0 Å². The van der Waals surface area contributed by atoms with E-state index >= 15 is 0 Å². The minimum absolute atomic E-state index is 0.255. The SMILES string of the molecule is CC1(c2cccc(CNC3CCC(Nc4nccc(/C=C5\SC(=O)NC5=O)n4)CC3)c2)CC=CO1. The smallest absolute Gasteiger partial charge is 0.290 e. The van der Waals surface area contributed by atoms with Crippen LogP contribution in [-0.2, 0) is 21.7 Å². The molecule has 9 heteroatoms. The van der Waals surface area contributed by atoms with Gasteiger partial charge in [-0.15, -0.1) is 0 Å². The molecule has 3 heterocycles. The normalized spacial score (nSPS) is 27.2. The zero-order valence-corrected chi connectivity index (χ0v) is 20.4. The number of carbonyl (C=O) groups is 2. The number of hydrogen-bond acceptors (Lipinski definition) is 8. The second kappa shape index (κ2) is 10.2. The summed E-state index contributed by atoms with van der Waals surface area (Å²) >= 11 is 0.885. The van der Waals surface area contributed by atoms with Crippen LogP contribution in [0.4, 0.5) is 10.7 Å². The Hall–Kier alpha value is -3.17. The molecule has 3 N–H and O–H groups in total. The predicted octanol–water partition coefficient (Wildman–Crippen LogP) is 4.46. The molecule has 0 spiro atoms. The number of thioether (sulfide) groups is 1. The summed E-state index contributed by atoms with van der Waals surface area (Å²) in [4.78, 5) is 32.3. The van der Waals surface area contributed by atoms with Gasteiger partial charge in [-0.05, 0) is 73.7 Å². The van der Waals surface area contributed by atoms with Gasteiger partial charge in [0.05, 0.1) is 16.9 Å². The van der Waals surface area contributed by atoms with Crippen molar-refractivity contribution in [1.29, 1.82) is 0 Å². The van der Waals surface area contributed by atoms with Gasteiger partial charge in [-0.3, -0.25) is 14.9 Å². The molecule has 2 amide bonds. The number of amides is 2. The van der Waals surface area contributed by atoms with Crippen molar-refractivity contribution in [1.82, 2.24) is 20.6 Å². The van der Waals surface area contributed by atoms with Crippen LogP contribution in [0.2, 0.25) is 0 Å². The maximum Gasteiger partial charge on any atom is 0.290 e. The molecule has 35 heavy (non-hydrogen) atoms. The van der Waals surface area contributed by atoms with Crippen molar-refractivity contribution >= 4 is 34.9 Å². The fraction of sp³-hybridized carbons (Fsp3) is 0.385. The summed E-state index contributed by atoms with van der Waals surface area (Å²) in [5.41, 5.74) is 2.83. The number of ether oxygens (including phenoxy) is 1. The van der Waals surface area contributed by atoms with Crippen LogP contribution in [0, 0.1) is 0 Å². The Morgan fingerprint density at radius 3 is 2.77 bits per heavy atom. The van der Waals surface area contributed by atoms with E-state index in [1.165, 1.54) is 11.1 Å². The molecule has 2 aliphatic heterocycles. The fourth-order valence-electron chi connectivity index (χ4n) is 4.68. The molecule has 1 saturated carbocycles. The zero-order valence-electron chi connectivity index (χ0n) is 19.6. The molecule has 2 aromatic rings. The van der Waals surface area contributed by atoms with Crippen molar-refractivity contribution in [3.05, 3.63) is 70.6 Å². The highest BCUT2D eigenvalue weighted by Crippen LogP contribution is 2.34. The monoisotopic (exact) mass is 491 g/mol. The molecule has 1 atom stereocenters. The van der Waals surface area contributed by atoms with Crippen molar-refractivity contribution in [2.45, 2.75) is 63.3 Å². The Morgan fingerprint density at radius 1 is 1.20 bits per heavy atom. The third-order valence-electron chi connectivity index (χ3n) is 6.72. The predicted molar refractivity (Wildman–Crippen MR) is 136 cm³/mol. The number of benzene rings is 1. The molecule has 1 unspecified atom stereocenters. The molecular formula is C26H29N5O3S. The fourth-order valence-corrected chi connectivity index (χ4v) is 5.35. The number of anilines is 1. The van der Waals surface area contributed by atoms with Gasteiger partial charge in [-0.2, -0.15) is 0 Å². The first-order valence-corrected chi connectivity index (χ1v) is 12.8. The van der Waals surface area contributed by atoms with Crippen molar-refractivity contribution in [2.75, 3.05) is 5.32 Å². The van der Waals surface area contributed by atoms with Crippen LogP contribution in [0.5, 0.6) is 0 Å². The first-order chi connectivity index (χ1) is 17.0. The summed E-state index contributed by atoms with van der Waals surface area (Å²) in [5.74, 6) is 0.156. The van der Waals surface area contributed by atoms with Crippen molar-refractivity contribution in [3.63, 3.8) is 0 Å². The van der Waals surface area contributed by atoms with Gasteiger partial charge in [-0.25, -0.2) is 9.97 Å². The molecular weight excluding hydrogens is 462 g/mol. The van der Waals surface area contributed by atoms with E-state index in [0.717, 1.165) is 50.4 Å². The average Bonchev–Trinajstić information content (AvgIpc) is 3.44. The highest BCUT2D eigenvalue weighted by atomic mass is 32.2. The molecule has 2 fully saturated rings. The minimum Gasteiger partial charge on any atom is -0.490 e. The Labute approximate surface area is 209 Å². The van der Waals surface area contributed by atoms with Gasteiger partial charge >= 0.3 is 0 Å². The minimum atomic E-state index is -0.385. The highest BCUT2D eigenvalue weighted by molar-refractivity contribution is 8.18. The third kappa shape index (κ3) is 5.74. The van der Waals surface area contributed by atoms with E-state index in [4.69, 9.17) is 4.74 Å². The Kier molecular flexibility index (Phi) is 6.88. The first kappa shape index (κ1) is 23.6. The van der Waals surface area contributed by atoms with Gasteiger partial charge in [0.1, 0.15) is 5.60 Å². The summed E-state index contributed by atoms with van der Waals surface area (Å²) in [7, 11) is 0. The van der Waals surface area contributed by atoms with Crippen LogP contribution in [0.15, 0.2) is 53.8 Å². The number of rotatable bonds is 7. The molecule has 0 radical (unpaired) electrons. The highest BCUT2D eigenvalue weighted by Gasteiger charge is 2.30. The van der Waals surface area contributed by atoms with Crippen molar-refractivity contribution < 1.29 is 14.3 Å². The van der Waals surface area contributed by atoms with E-state index in [1.54, 1.807) is 24.6 Å². The molecule has 8 nitrogen and oxygen atoms in total. The van der Waals surface area contributed by atoms with Crippen LogP contribution in [0.25, 0.3) is 6.08 Å². The third-order valence-corrected chi connectivity index (χ3v) is 7.53. The summed E-state index contributed by atoms with van der Waals surface area (Å²) in [6.07, 6.45) is 12.2. The van der Waals surface area contributed by atoms with Gasteiger partial charge in [0, 0.05) is 31.2 Å². The summed E-state index contributed by atoms with van der Waals surface area (Å²) < 4.78 is 5.83. The Balaban J connectivity index is 1.11. The van der Waals surface area contributed by atoms with Crippen molar-refractivity contribution in [3.8, 4) is 0 Å². The van der Waals surface area contributed by atoms with Gasteiger partial charge < -0.3 is 15.4 Å². The Morgan fingerprint density at radius 2 is 2.03 bits per heavy atom. The number of imide groups is 1. The molecule has 1 aromatic carbocycles.